The van der Waals surface area contributed by atoms with Gasteiger partial charge in [-0.05, 0) is 32.1 Å². The van der Waals surface area contributed by atoms with Crippen LogP contribution < -0.4 is 11.1 Å². The number of hydrogen-bond donors (Lipinski definition) is 2. The summed E-state index contributed by atoms with van der Waals surface area (Å²) < 4.78 is 0. The van der Waals surface area contributed by atoms with Gasteiger partial charge in [-0.2, -0.15) is 0 Å². The largest absolute Gasteiger partial charge is 0.355 e. The monoisotopic (exact) mass is 255 g/mol. The van der Waals surface area contributed by atoms with Crippen molar-refractivity contribution in [2.24, 2.45) is 11.7 Å². The normalized spacial score (nSPS) is 23.5. The lowest BCUT2D eigenvalue weighted by Crippen LogP contribution is -2.42. The van der Waals surface area contributed by atoms with E-state index in [1.54, 1.807) is 7.05 Å². The second-order valence-corrected chi connectivity index (χ2v) is 5.16. The van der Waals surface area contributed by atoms with Crippen LogP contribution in [-0.2, 0) is 9.59 Å². The Bertz CT molecular complexity index is 286. The molecule has 1 aliphatic carbocycles. The van der Waals surface area contributed by atoms with Crippen molar-refractivity contribution >= 4 is 11.8 Å². The van der Waals surface area contributed by atoms with E-state index in [-0.39, 0.29) is 30.3 Å². The number of rotatable bonds is 5. The quantitative estimate of drug-likeness (QED) is 0.750. The van der Waals surface area contributed by atoms with E-state index in [2.05, 4.69) is 5.32 Å². The number of carbonyl (C=O) groups is 2. The van der Waals surface area contributed by atoms with Gasteiger partial charge in [-0.3, -0.25) is 9.59 Å². The van der Waals surface area contributed by atoms with Crippen molar-refractivity contribution in [1.29, 1.82) is 0 Å². The summed E-state index contributed by atoms with van der Waals surface area (Å²) in [7, 11) is 1.70. The van der Waals surface area contributed by atoms with Gasteiger partial charge in [-0.25, -0.2) is 0 Å². The fourth-order valence-corrected chi connectivity index (χ4v) is 2.29. The zero-order valence-electron chi connectivity index (χ0n) is 11.4. The van der Waals surface area contributed by atoms with Crippen molar-refractivity contribution in [1.82, 2.24) is 10.2 Å². The molecular weight excluding hydrogens is 230 g/mol. The molecule has 0 unspecified atom stereocenters. The van der Waals surface area contributed by atoms with E-state index in [9.17, 15) is 9.59 Å². The summed E-state index contributed by atoms with van der Waals surface area (Å²) in [6.45, 7) is 2.82. The lowest BCUT2D eigenvalue weighted by atomic mass is 9.85. The van der Waals surface area contributed by atoms with Crippen molar-refractivity contribution < 1.29 is 9.59 Å². The highest BCUT2D eigenvalue weighted by Crippen LogP contribution is 2.24. The summed E-state index contributed by atoms with van der Waals surface area (Å²) in [4.78, 5) is 25.2. The highest BCUT2D eigenvalue weighted by atomic mass is 16.2. The number of nitrogens with zero attached hydrogens (tertiary/aromatic N) is 1. The van der Waals surface area contributed by atoms with Gasteiger partial charge >= 0.3 is 0 Å². The van der Waals surface area contributed by atoms with Gasteiger partial charge in [-0.1, -0.05) is 6.92 Å². The van der Waals surface area contributed by atoms with Gasteiger partial charge < -0.3 is 16.0 Å². The van der Waals surface area contributed by atoms with Gasteiger partial charge in [0.25, 0.3) is 0 Å². The molecule has 0 heterocycles. The van der Waals surface area contributed by atoms with Crippen LogP contribution in [0.15, 0.2) is 0 Å². The fourth-order valence-electron chi connectivity index (χ4n) is 2.29. The molecule has 0 radical (unpaired) electrons. The first-order chi connectivity index (χ1) is 8.54. The van der Waals surface area contributed by atoms with Crippen LogP contribution in [0.25, 0.3) is 0 Å². The summed E-state index contributed by atoms with van der Waals surface area (Å²) in [5, 5.41) is 2.78. The van der Waals surface area contributed by atoms with E-state index in [1.807, 2.05) is 6.92 Å². The van der Waals surface area contributed by atoms with Gasteiger partial charge in [0.05, 0.1) is 6.54 Å². The first-order valence-electron chi connectivity index (χ1n) is 6.81. The van der Waals surface area contributed by atoms with Crippen LogP contribution in [0.2, 0.25) is 0 Å². The molecule has 1 aliphatic rings. The van der Waals surface area contributed by atoms with Gasteiger partial charge in [0, 0.05) is 25.6 Å². The Kier molecular flexibility index (Phi) is 6.12. The van der Waals surface area contributed by atoms with E-state index < -0.39 is 0 Å². The van der Waals surface area contributed by atoms with Crippen molar-refractivity contribution in [3.63, 3.8) is 0 Å². The van der Waals surface area contributed by atoms with E-state index >= 15 is 0 Å². The molecule has 5 nitrogen and oxygen atoms in total. The molecule has 1 fully saturated rings. The Balaban J connectivity index is 2.34. The Morgan fingerprint density at radius 2 is 1.89 bits per heavy atom. The first-order valence-corrected chi connectivity index (χ1v) is 6.81. The highest BCUT2D eigenvalue weighted by Gasteiger charge is 2.27. The van der Waals surface area contributed by atoms with Crippen molar-refractivity contribution in [3.05, 3.63) is 0 Å². The maximum atomic E-state index is 12.1. The summed E-state index contributed by atoms with van der Waals surface area (Å²) in [6, 6.07) is 0.243. The fraction of sp³-hybridized carbons (Fsp3) is 0.846. The molecule has 0 bridgehead atoms. The minimum atomic E-state index is -0.0831. The zero-order chi connectivity index (χ0) is 13.5. The minimum absolute atomic E-state index is 0.0498. The predicted molar refractivity (Wildman–Crippen MR) is 70.9 cm³/mol. The van der Waals surface area contributed by atoms with Gasteiger partial charge in [0.1, 0.15) is 0 Å². The van der Waals surface area contributed by atoms with Gasteiger partial charge in [0.15, 0.2) is 0 Å². The molecule has 0 aromatic carbocycles. The number of hydrogen-bond acceptors (Lipinski definition) is 3. The molecule has 0 atom stereocenters. The summed E-state index contributed by atoms with van der Waals surface area (Å²) in [5.74, 6) is 0.0440. The second kappa shape index (κ2) is 7.36. The average Bonchev–Trinajstić information content (AvgIpc) is 2.36. The third kappa shape index (κ3) is 4.64. The van der Waals surface area contributed by atoms with Crippen LogP contribution in [0.5, 0.6) is 0 Å². The van der Waals surface area contributed by atoms with Crippen LogP contribution in [0.3, 0.4) is 0 Å². The lowest BCUT2D eigenvalue weighted by Gasteiger charge is -2.28. The number of amides is 2. The first kappa shape index (κ1) is 15.0. The van der Waals surface area contributed by atoms with Crippen LogP contribution in [0.4, 0.5) is 0 Å². The SMILES string of the molecule is CCCNC(=O)CN(C)C(=O)C1CCC(N)CC1. The topological polar surface area (TPSA) is 75.4 Å². The summed E-state index contributed by atoms with van der Waals surface area (Å²) in [5.41, 5.74) is 5.82. The Morgan fingerprint density at radius 1 is 1.28 bits per heavy atom. The highest BCUT2D eigenvalue weighted by molar-refractivity contribution is 5.85. The summed E-state index contributed by atoms with van der Waals surface area (Å²) >= 11 is 0. The van der Waals surface area contributed by atoms with E-state index in [1.165, 1.54) is 4.90 Å². The second-order valence-electron chi connectivity index (χ2n) is 5.16. The molecule has 3 N–H and O–H groups in total. The molecule has 0 aromatic heterocycles. The molecule has 18 heavy (non-hydrogen) atoms. The minimum Gasteiger partial charge on any atom is -0.355 e. The molecule has 104 valence electrons. The third-order valence-electron chi connectivity index (χ3n) is 3.45. The molecule has 1 saturated carbocycles. The molecule has 0 aliphatic heterocycles. The van der Waals surface area contributed by atoms with Crippen LogP contribution in [-0.4, -0.2) is 42.9 Å². The number of likely N-dealkylation sites (N-methyl/N-ethyl adjacent to an activating group) is 1. The van der Waals surface area contributed by atoms with Crippen molar-refractivity contribution in [3.8, 4) is 0 Å². The molecule has 5 heteroatoms. The van der Waals surface area contributed by atoms with Crippen LogP contribution in [0.1, 0.15) is 39.0 Å². The van der Waals surface area contributed by atoms with Crippen LogP contribution in [0, 0.1) is 5.92 Å². The van der Waals surface area contributed by atoms with E-state index in [0.717, 1.165) is 32.1 Å². The van der Waals surface area contributed by atoms with Crippen LogP contribution >= 0.6 is 0 Å². The zero-order valence-corrected chi connectivity index (χ0v) is 11.4. The average molecular weight is 255 g/mol. The maximum absolute atomic E-state index is 12.1. The Hall–Kier alpha value is -1.10. The molecule has 0 spiro atoms. The predicted octanol–water partition coefficient (Wildman–Crippen LogP) is 0.489. The maximum Gasteiger partial charge on any atom is 0.239 e. The third-order valence-corrected chi connectivity index (χ3v) is 3.45. The summed E-state index contributed by atoms with van der Waals surface area (Å²) in [6.07, 6.45) is 4.42. The molecular formula is C13H25N3O2. The number of nitrogens with two attached hydrogens (primary N) is 1. The smallest absolute Gasteiger partial charge is 0.239 e. The molecule has 1 rings (SSSR count). The number of carbonyl (C=O) groups excluding carboxylic acids is 2. The van der Waals surface area contributed by atoms with E-state index in [4.69, 9.17) is 5.73 Å². The van der Waals surface area contributed by atoms with E-state index in [0.29, 0.717) is 6.54 Å². The van der Waals surface area contributed by atoms with Gasteiger partial charge in [0.2, 0.25) is 11.8 Å². The van der Waals surface area contributed by atoms with Crippen molar-refractivity contribution in [2.75, 3.05) is 20.1 Å². The molecule has 0 saturated heterocycles. The number of nitrogens with one attached hydrogen (secondary N) is 1. The molecule has 2 amide bonds. The standard InChI is InChI=1S/C13H25N3O2/c1-3-8-15-12(17)9-16(2)13(18)10-4-6-11(14)7-5-10/h10-11H,3-9,14H2,1-2H3,(H,15,17). The molecule has 0 aromatic rings. The Labute approximate surface area is 109 Å². The Morgan fingerprint density at radius 3 is 2.44 bits per heavy atom. The van der Waals surface area contributed by atoms with Gasteiger partial charge in [-0.15, -0.1) is 0 Å². The lowest BCUT2D eigenvalue weighted by molar-refractivity contribution is -0.138. The van der Waals surface area contributed by atoms with Crippen molar-refractivity contribution in [2.45, 2.75) is 45.1 Å².